The molecule has 0 aromatic heterocycles. The SMILES string of the molecule is CC1CNCCN1C1CCOC2(CCSC2)C1. The van der Waals surface area contributed by atoms with Gasteiger partial charge < -0.3 is 10.1 Å². The number of nitrogens with one attached hydrogen (secondary N) is 1. The molecule has 0 aliphatic carbocycles. The van der Waals surface area contributed by atoms with Crippen molar-refractivity contribution in [2.24, 2.45) is 0 Å². The highest BCUT2D eigenvalue weighted by Gasteiger charge is 2.42. The van der Waals surface area contributed by atoms with E-state index < -0.39 is 0 Å². The molecule has 3 atom stereocenters. The summed E-state index contributed by atoms with van der Waals surface area (Å²) in [5, 5.41) is 3.49. The Balaban J connectivity index is 1.66. The van der Waals surface area contributed by atoms with Gasteiger partial charge in [-0.05, 0) is 31.9 Å². The normalized spacial score (nSPS) is 44.3. The number of piperazine rings is 1. The van der Waals surface area contributed by atoms with Crippen molar-refractivity contribution in [3.8, 4) is 0 Å². The van der Waals surface area contributed by atoms with Crippen LogP contribution in [-0.2, 0) is 4.74 Å². The predicted molar refractivity (Wildman–Crippen MR) is 72.7 cm³/mol. The molecule has 4 heteroatoms. The van der Waals surface area contributed by atoms with E-state index in [1.165, 1.54) is 37.3 Å². The number of nitrogens with zero attached hydrogens (tertiary/aromatic N) is 1. The number of rotatable bonds is 1. The van der Waals surface area contributed by atoms with E-state index in [1.807, 2.05) is 0 Å². The highest BCUT2D eigenvalue weighted by Crippen LogP contribution is 2.39. The molecular formula is C13H24N2OS. The summed E-state index contributed by atoms with van der Waals surface area (Å²) in [4.78, 5) is 2.73. The first-order valence-corrected chi connectivity index (χ1v) is 8.13. The third-order valence-electron chi connectivity index (χ3n) is 4.56. The maximum absolute atomic E-state index is 6.12. The second kappa shape index (κ2) is 5.08. The van der Waals surface area contributed by atoms with Gasteiger partial charge in [-0.3, -0.25) is 4.90 Å². The topological polar surface area (TPSA) is 24.5 Å². The van der Waals surface area contributed by atoms with Crippen molar-refractivity contribution < 1.29 is 4.74 Å². The fraction of sp³-hybridized carbons (Fsp3) is 1.00. The van der Waals surface area contributed by atoms with Crippen LogP contribution in [0.15, 0.2) is 0 Å². The molecule has 1 N–H and O–H groups in total. The molecule has 0 bridgehead atoms. The zero-order valence-corrected chi connectivity index (χ0v) is 11.6. The van der Waals surface area contributed by atoms with E-state index in [0.29, 0.717) is 6.04 Å². The summed E-state index contributed by atoms with van der Waals surface area (Å²) >= 11 is 2.07. The molecule has 3 unspecified atom stereocenters. The minimum Gasteiger partial charge on any atom is -0.374 e. The van der Waals surface area contributed by atoms with Gasteiger partial charge in [-0.15, -0.1) is 0 Å². The van der Waals surface area contributed by atoms with Gasteiger partial charge in [-0.1, -0.05) is 0 Å². The monoisotopic (exact) mass is 256 g/mol. The predicted octanol–water partition coefficient (Wildman–Crippen LogP) is 1.33. The minimum absolute atomic E-state index is 0.234. The van der Waals surface area contributed by atoms with E-state index in [-0.39, 0.29) is 5.60 Å². The first-order chi connectivity index (χ1) is 8.29. The van der Waals surface area contributed by atoms with E-state index in [2.05, 4.69) is 28.9 Å². The van der Waals surface area contributed by atoms with Crippen LogP contribution in [0, 0.1) is 0 Å². The second-order valence-corrected chi connectivity index (χ2v) is 6.88. The number of ether oxygens (including phenoxy) is 1. The summed E-state index contributed by atoms with van der Waals surface area (Å²) in [6.45, 7) is 6.86. The van der Waals surface area contributed by atoms with E-state index >= 15 is 0 Å². The molecule has 3 aliphatic rings. The Kier molecular flexibility index (Phi) is 3.67. The summed E-state index contributed by atoms with van der Waals surface area (Å²) in [7, 11) is 0. The van der Waals surface area contributed by atoms with E-state index in [9.17, 15) is 0 Å². The molecule has 0 amide bonds. The van der Waals surface area contributed by atoms with Crippen LogP contribution in [0.25, 0.3) is 0 Å². The average Bonchev–Trinajstić information content (AvgIpc) is 2.78. The van der Waals surface area contributed by atoms with E-state index in [0.717, 1.165) is 25.7 Å². The van der Waals surface area contributed by atoms with Crippen molar-refractivity contribution in [3.05, 3.63) is 0 Å². The fourth-order valence-electron chi connectivity index (χ4n) is 3.55. The van der Waals surface area contributed by atoms with Crippen LogP contribution < -0.4 is 5.32 Å². The van der Waals surface area contributed by atoms with Crippen molar-refractivity contribution in [3.63, 3.8) is 0 Å². The van der Waals surface area contributed by atoms with Gasteiger partial charge in [0.2, 0.25) is 0 Å². The third kappa shape index (κ3) is 2.50. The molecule has 17 heavy (non-hydrogen) atoms. The lowest BCUT2D eigenvalue weighted by Gasteiger charge is -2.46. The molecule has 3 saturated heterocycles. The molecule has 3 heterocycles. The van der Waals surface area contributed by atoms with Crippen LogP contribution in [0.4, 0.5) is 0 Å². The summed E-state index contributed by atoms with van der Waals surface area (Å²) in [6.07, 6.45) is 3.77. The van der Waals surface area contributed by atoms with Crippen molar-refractivity contribution in [2.45, 2.75) is 43.9 Å². The molecular weight excluding hydrogens is 232 g/mol. The summed E-state index contributed by atoms with van der Waals surface area (Å²) < 4.78 is 6.12. The molecule has 98 valence electrons. The lowest BCUT2D eigenvalue weighted by atomic mass is 9.88. The standard InChI is InChI=1S/C13H24N2OS/c1-11-9-14-4-5-15(11)12-2-6-16-13(8-12)3-7-17-10-13/h11-12,14H,2-10H2,1H3. The van der Waals surface area contributed by atoms with Gasteiger partial charge in [0, 0.05) is 44.1 Å². The van der Waals surface area contributed by atoms with Gasteiger partial charge in [0.15, 0.2) is 0 Å². The van der Waals surface area contributed by atoms with Gasteiger partial charge in [-0.25, -0.2) is 0 Å². The van der Waals surface area contributed by atoms with Gasteiger partial charge in [-0.2, -0.15) is 11.8 Å². The van der Waals surface area contributed by atoms with Crippen LogP contribution in [-0.4, -0.2) is 60.3 Å². The second-order valence-electron chi connectivity index (χ2n) is 5.77. The van der Waals surface area contributed by atoms with Crippen LogP contribution >= 0.6 is 11.8 Å². The molecule has 0 radical (unpaired) electrons. The Labute approximate surface area is 109 Å². The zero-order valence-electron chi connectivity index (χ0n) is 10.8. The first kappa shape index (κ1) is 12.3. The van der Waals surface area contributed by atoms with E-state index in [1.54, 1.807) is 0 Å². The molecule has 0 aromatic rings. The molecule has 3 aliphatic heterocycles. The molecule has 3 nitrogen and oxygen atoms in total. The van der Waals surface area contributed by atoms with Gasteiger partial charge in [0.05, 0.1) is 5.60 Å². The molecule has 0 saturated carbocycles. The van der Waals surface area contributed by atoms with Crippen LogP contribution in [0.2, 0.25) is 0 Å². The Morgan fingerprint density at radius 3 is 3.18 bits per heavy atom. The van der Waals surface area contributed by atoms with Crippen molar-refractivity contribution in [2.75, 3.05) is 37.7 Å². The minimum atomic E-state index is 0.234. The van der Waals surface area contributed by atoms with Crippen molar-refractivity contribution in [1.82, 2.24) is 10.2 Å². The Hall–Kier alpha value is 0.230. The summed E-state index contributed by atoms with van der Waals surface area (Å²) in [5.74, 6) is 2.52. The number of hydrogen-bond donors (Lipinski definition) is 1. The Bertz CT molecular complexity index is 268. The highest BCUT2D eigenvalue weighted by atomic mass is 32.2. The van der Waals surface area contributed by atoms with E-state index in [4.69, 9.17) is 4.74 Å². The largest absolute Gasteiger partial charge is 0.374 e. The molecule has 0 aromatic carbocycles. The van der Waals surface area contributed by atoms with Crippen LogP contribution in [0.5, 0.6) is 0 Å². The smallest absolute Gasteiger partial charge is 0.0795 e. The van der Waals surface area contributed by atoms with Gasteiger partial charge in [0.1, 0.15) is 0 Å². The van der Waals surface area contributed by atoms with Crippen LogP contribution in [0.1, 0.15) is 26.2 Å². The highest BCUT2D eigenvalue weighted by molar-refractivity contribution is 7.99. The maximum Gasteiger partial charge on any atom is 0.0795 e. The Morgan fingerprint density at radius 1 is 1.47 bits per heavy atom. The zero-order chi connectivity index (χ0) is 11.7. The van der Waals surface area contributed by atoms with Gasteiger partial charge >= 0.3 is 0 Å². The van der Waals surface area contributed by atoms with Gasteiger partial charge in [0.25, 0.3) is 0 Å². The third-order valence-corrected chi connectivity index (χ3v) is 5.78. The van der Waals surface area contributed by atoms with Crippen molar-refractivity contribution >= 4 is 11.8 Å². The molecule has 3 fully saturated rings. The molecule has 3 rings (SSSR count). The number of hydrogen-bond acceptors (Lipinski definition) is 4. The lowest BCUT2D eigenvalue weighted by molar-refractivity contribution is -0.0961. The average molecular weight is 256 g/mol. The Morgan fingerprint density at radius 2 is 2.41 bits per heavy atom. The molecule has 1 spiro atoms. The number of thioether (sulfide) groups is 1. The fourth-order valence-corrected chi connectivity index (χ4v) is 4.93. The summed E-state index contributed by atoms with van der Waals surface area (Å²) in [6, 6.07) is 1.46. The maximum atomic E-state index is 6.12. The lowest BCUT2D eigenvalue weighted by Crippen LogP contribution is -2.57. The quantitative estimate of drug-likeness (QED) is 0.765. The van der Waals surface area contributed by atoms with Crippen LogP contribution in [0.3, 0.4) is 0 Å². The first-order valence-electron chi connectivity index (χ1n) is 6.97. The van der Waals surface area contributed by atoms with Crippen molar-refractivity contribution in [1.29, 1.82) is 0 Å². The summed E-state index contributed by atoms with van der Waals surface area (Å²) in [5.41, 5.74) is 0.234.